The summed E-state index contributed by atoms with van der Waals surface area (Å²) >= 11 is 0. The summed E-state index contributed by atoms with van der Waals surface area (Å²) in [5.41, 5.74) is 1.57. The molecule has 5 heteroatoms. The summed E-state index contributed by atoms with van der Waals surface area (Å²) < 4.78 is 0. The molecule has 3 atom stereocenters. The third-order valence-electron chi connectivity index (χ3n) is 5.55. The fourth-order valence-electron chi connectivity index (χ4n) is 3.98. The Bertz CT molecular complexity index is 610. The molecule has 0 spiro atoms. The van der Waals surface area contributed by atoms with Gasteiger partial charge in [0.05, 0.1) is 6.04 Å². The number of fused-ring (bicyclic) bond motifs is 1. The van der Waals surface area contributed by atoms with E-state index in [2.05, 4.69) is 16.0 Å². The van der Waals surface area contributed by atoms with E-state index in [0.29, 0.717) is 12.0 Å². The lowest BCUT2D eigenvalue weighted by atomic mass is 9.85. The highest BCUT2D eigenvalue weighted by molar-refractivity contribution is 5.96. The maximum absolute atomic E-state index is 12.5. The molecular formula is C19H25N3O2. The van der Waals surface area contributed by atoms with Gasteiger partial charge < -0.3 is 16.0 Å². The first-order chi connectivity index (χ1) is 11.7. The van der Waals surface area contributed by atoms with Gasteiger partial charge in [0, 0.05) is 23.3 Å². The number of hydrogen-bond donors (Lipinski definition) is 3. The Labute approximate surface area is 142 Å². The van der Waals surface area contributed by atoms with E-state index in [1.807, 2.05) is 24.3 Å². The molecule has 128 valence electrons. The highest BCUT2D eigenvalue weighted by atomic mass is 16.2. The van der Waals surface area contributed by atoms with Crippen LogP contribution in [-0.4, -0.2) is 23.9 Å². The van der Waals surface area contributed by atoms with Gasteiger partial charge in [-0.15, -0.1) is 0 Å². The number of hydrogen-bond acceptors (Lipinski definition) is 3. The molecule has 3 aliphatic rings. The molecule has 5 nitrogen and oxygen atoms in total. The van der Waals surface area contributed by atoms with Gasteiger partial charge in [0.15, 0.2) is 0 Å². The Hall–Kier alpha value is -1.88. The summed E-state index contributed by atoms with van der Waals surface area (Å²) in [4.78, 5) is 24.2. The van der Waals surface area contributed by atoms with Crippen LogP contribution < -0.4 is 16.0 Å². The van der Waals surface area contributed by atoms with Gasteiger partial charge in [0.2, 0.25) is 11.8 Å². The van der Waals surface area contributed by atoms with Gasteiger partial charge in [-0.05, 0) is 62.3 Å². The SMILES string of the molecule is O=C(Nc1ccc(NC(=O)C2CC3CCCCC3N2)cc1)C1CC1. The van der Waals surface area contributed by atoms with Crippen molar-refractivity contribution in [1.29, 1.82) is 0 Å². The van der Waals surface area contributed by atoms with E-state index < -0.39 is 0 Å². The standard InChI is InChI=1S/C19H25N3O2/c23-18(12-5-6-12)20-14-7-9-15(10-8-14)21-19(24)17-11-13-3-1-2-4-16(13)22-17/h7-10,12-13,16-17,22H,1-6,11H2,(H,20,23)(H,21,24). The van der Waals surface area contributed by atoms with Crippen molar-refractivity contribution in [2.75, 3.05) is 10.6 Å². The molecule has 1 saturated heterocycles. The second-order valence-corrected chi connectivity index (χ2v) is 7.44. The first-order valence-corrected chi connectivity index (χ1v) is 9.17. The minimum absolute atomic E-state index is 0.0548. The predicted molar refractivity (Wildman–Crippen MR) is 93.7 cm³/mol. The van der Waals surface area contributed by atoms with Crippen LogP contribution in [0.15, 0.2) is 24.3 Å². The van der Waals surface area contributed by atoms with E-state index in [1.165, 1.54) is 25.7 Å². The molecule has 24 heavy (non-hydrogen) atoms. The average molecular weight is 327 g/mol. The van der Waals surface area contributed by atoms with E-state index in [9.17, 15) is 9.59 Å². The molecule has 1 aliphatic heterocycles. The zero-order valence-electron chi connectivity index (χ0n) is 13.9. The number of rotatable bonds is 4. The quantitative estimate of drug-likeness (QED) is 0.796. The summed E-state index contributed by atoms with van der Waals surface area (Å²) in [5.74, 6) is 1.01. The molecule has 3 unspecified atom stereocenters. The maximum Gasteiger partial charge on any atom is 0.241 e. The van der Waals surface area contributed by atoms with E-state index >= 15 is 0 Å². The third-order valence-corrected chi connectivity index (χ3v) is 5.55. The van der Waals surface area contributed by atoms with Gasteiger partial charge in [-0.2, -0.15) is 0 Å². The first kappa shape index (κ1) is 15.6. The van der Waals surface area contributed by atoms with E-state index in [4.69, 9.17) is 0 Å². The zero-order valence-corrected chi connectivity index (χ0v) is 13.9. The molecule has 1 aromatic carbocycles. The van der Waals surface area contributed by atoms with E-state index in [0.717, 1.165) is 30.6 Å². The fraction of sp³-hybridized carbons (Fsp3) is 0.579. The van der Waals surface area contributed by atoms with Crippen LogP contribution in [0.3, 0.4) is 0 Å². The van der Waals surface area contributed by atoms with Crippen LogP contribution >= 0.6 is 0 Å². The van der Waals surface area contributed by atoms with Crippen molar-refractivity contribution in [3.63, 3.8) is 0 Å². The normalized spacial score (nSPS) is 28.9. The van der Waals surface area contributed by atoms with Crippen LogP contribution in [0, 0.1) is 11.8 Å². The molecule has 0 aromatic heterocycles. The topological polar surface area (TPSA) is 70.2 Å². The molecular weight excluding hydrogens is 302 g/mol. The number of amides is 2. The Morgan fingerprint density at radius 3 is 2.12 bits per heavy atom. The van der Waals surface area contributed by atoms with Crippen molar-refractivity contribution in [2.24, 2.45) is 11.8 Å². The molecule has 0 radical (unpaired) electrons. The summed E-state index contributed by atoms with van der Waals surface area (Å²) in [6.45, 7) is 0. The van der Waals surface area contributed by atoms with E-state index in [-0.39, 0.29) is 23.8 Å². The third kappa shape index (κ3) is 3.46. The van der Waals surface area contributed by atoms with Crippen LogP contribution in [0.2, 0.25) is 0 Å². The molecule has 2 amide bonds. The zero-order chi connectivity index (χ0) is 16.5. The molecule has 0 bridgehead atoms. The summed E-state index contributed by atoms with van der Waals surface area (Å²) in [5, 5.41) is 9.41. The van der Waals surface area contributed by atoms with Gasteiger partial charge in [0.25, 0.3) is 0 Å². The summed E-state index contributed by atoms with van der Waals surface area (Å²) in [6.07, 6.45) is 7.96. The summed E-state index contributed by atoms with van der Waals surface area (Å²) in [7, 11) is 0. The van der Waals surface area contributed by atoms with Crippen molar-refractivity contribution in [3.8, 4) is 0 Å². The predicted octanol–water partition coefficient (Wildman–Crippen LogP) is 2.89. The van der Waals surface area contributed by atoms with Gasteiger partial charge in [-0.1, -0.05) is 12.8 Å². The van der Waals surface area contributed by atoms with Gasteiger partial charge >= 0.3 is 0 Å². The van der Waals surface area contributed by atoms with Crippen LogP contribution in [0.25, 0.3) is 0 Å². The molecule has 1 aromatic rings. The fourth-order valence-corrected chi connectivity index (χ4v) is 3.98. The number of carbonyl (C=O) groups is 2. The van der Waals surface area contributed by atoms with Crippen LogP contribution in [0.5, 0.6) is 0 Å². The molecule has 4 rings (SSSR count). The number of benzene rings is 1. The molecule has 1 heterocycles. The Balaban J connectivity index is 1.31. The van der Waals surface area contributed by atoms with Crippen LogP contribution in [0.4, 0.5) is 11.4 Å². The first-order valence-electron chi connectivity index (χ1n) is 9.17. The minimum Gasteiger partial charge on any atom is -0.326 e. The van der Waals surface area contributed by atoms with Crippen LogP contribution in [-0.2, 0) is 9.59 Å². The lowest BCUT2D eigenvalue weighted by Gasteiger charge is -2.24. The second-order valence-electron chi connectivity index (χ2n) is 7.44. The van der Waals surface area contributed by atoms with Crippen molar-refractivity contribution in [2.45, 2.75) is 57.0 Å². The Morgan fingerprint density at radius 2 is 1.50 bits per heavy atom. The van der Waals surface area contributed by atoms with Gasteiger partial charge in [-0.3, -0.25) is 9.59 Å². The molecule has 2 aliphatic carbocycles. The van der Waals surface area contributed by atoms with Gasteiger partial charge in [0.1, 0.15) is 0 Å². The lowest BCUT2D eigenvalue weighted by molar-refractivity contribution is -0.118. The maximum atomic E-state index is 12.5. The minimum atomic E-state index is -0.0765. The van der Waals surface area contributed by atoms with Crippen molar-refractivity contribution >= 4 is 23.2 Å². The molecule has 3 fully saturated rings. The molecule has 3 N–H and O–H groups in total. The molecule has 2 saturated carbocycles. The number of nitrogens with one attached hydrogen (secondary N) is 3. The Morgan fingerprint density at radius 1 is 0.875 bits per heavy atom. The highest BCUT2D eigenvalue weighted by Crippen LogP contribution is 2.33. The average Bonchev–Trinajstić information content (AvgIpc) is 3.35. The smallest absolute Gasteiger partial charge is 0.241 e. The monoisotopic (exact) mass is 327 g/mol. The largest absolute Gasteiger partial charge is 0.326 e. The Kier molecular flexibility index (Phi) is 4.27. The van der Waals surface area contributed by atoms with Gasteiger partial charge in [-0.25, -0.2) is 0 Å². The second kappa shape index (κ2) is 6.55. The van der Waals surface area contributed by atoms with Crippen molar-refractivity contribution < 1.29 is 9.59 Å². The van der Waals surface area contributed by atoms with Crippen LogP contribution in [0.1, 0.15) is 44.9 Å². The highest BCUT2D eigenvalue weighted by Gasteiger charge is 2.38. The summed E-state index contributed by atoms with van der Waals surface area (Å²) in [6, 6.07) is 7.84. The van der Waals surface area contributed by atoms with Crippen molar-refractivity contribution in [1.82, 2.24) is 5.32 Å². The van der Waals surface area contributed by atoms with Crippen molar-refractivity contribution in [3.05, 3.63) is 24.3 Å². The van der Waals surface area contributed by atoms with E-state index in [1.54, 1.807) is 0 Å². The number of carbonyl (C=O) groups excluding carboxylic acids is 2. The lowest BCUT2D eigenvalue weighted by Crippen LogP contribution is -2.39. The number of anilines is 2.